The van der Waals surface area contributed by atoms with Gasteiger partial charge in [0.05, 0.1) is 16.6 Å². The second-order valence-electron chi connectivity index (χ2n) is 7.32. The lowest BCUT2D eigenvalue weighted by Crippen LogP contribution is -2.32. The van der Waals surface area contributed by atoms with Crippen molar-refractivity contribution < 1.29 is 4.79 Å². The Morgan fingerprint density at radius 3 is 2.68 bits per heavy atom. The van der Waals surface area contributed by atoms with E-state index in [1.807, 2.05) is 40.9 Å². The zero-order chi connectivity index (χ0) is 22.9. The Hall–Kier alpha value is -3.22. The van der Waals surface area contributed by atoms with Crippen LogP contribution in [0.15, 0.2) is 23.1 Å². The summed E-state index contributed by atoms with van der Waals surface area (Å²) in [6.45, 7) is 9.85. The van der Waals surface area contributed by atoms with E-state index in [9.17, 15) is 9.59 Å². The van der Waals surface area contributed by atoms with Crippen LogP contribution in [-0.4, -0.2) is 37.1 Å². The molecule has 1 amide bonds. The molecular weight excluding hydrogens is 412 g/mol. The molecule has 3 heterocycles. The van der Waals surface area contributed by atoms with Crippen molar-refractivity contribution in [2.45, 2.75) is 40.2 Å². The van der Waals surface area contributed by atoms with Gasteiger partial charge in [0.15, 0.2) is 5.65 Å². The van der Waals surface area contributed by atoms with Crippen LogP contribution in [0.3, 0.4) is 0 Å². The first-order chi connectivity index (χ1) is 14.7. The van der Waals surface area contributed by atoms with Crippen molar-refractivity contribution in [1.29, 1.82) is 0 Å². The van der Waals surface area contributed by atoms with E-state index in [1.54, 1.807) is 16.7 Å². The summed E-state index contributed by atoms with van der Waals surface area (Å²) in [5.41, 5.74) is 9.14. The molecule has 162 valence electrons. The number of hydrogen-bond donors (Lipinski definition) is 4. The molecule has 0 aliphatic rings. The van der Waals surface area contributed by atoms with Crippen molar-refractivity contribution in [2.24, 2.45) is 5.73 Å². The Morgan fingerprint density at radius 1 is 1.32 bits per heavy atom. The predicted molar refractivity (Wildman–Crippen MR) is 127 cm³/mol. The predicted octanol–water partition coefficient (Wildman–Crippen LogP) is 3.09. The number of aromatic amines is 2. The van der Waals surface area contributed by atoms with E-state index in [4.69, 9.17) is 5.73 Å². The molecule has 4 rings (SSSR count). The summed E-state index contributed by atoms with van der Waals surface area (Å²) >= 11 is 1.50. The molecule has 0 aliphatic heterocycles. The van der Waals surface area contributed by atoms with Crippen LogP contribution < -0.4 is 15.9 Å². The topological polar surface area (TPSA) is 121 Å². The molecule has 5 N–H and O–H groups in total. The van der Waals surface area contributed by atoms with Gasteiger partial charge < -0.3 is 15.7 Å². The number of H-pyrrole nitrogens is 2. The average Bonchev–Trinajstić information content (AvgIpc) is 3.26. The van der Waals surface area contributed by atoms with Crippen molar-refractivity contribution in [3.8, 4) is 11.8 Å². The first-order valence-corrected chi connectivity index (χ1v) is 11.1. The number of fused-ring (bicyclic) bond motifs is 5. The number of nitrogens with zero attached hydrogens (tertiary/aromatic N) is 2. The van der Waals surface area contributed by atoms with Gasteiger partial charge in [0.25, 0.3) is 5.91 Å². The number of carbonyl (C=O) groups is 1. The second-order valence-corrected chi connectivity index (χ2v) is 7.93. The number of amides is 1. The molecule has 0 saturated carbocycles. The number of benzene rings is 1. The van der Waals surface area contributed by atoms with Crippen LogP contribution in [0.1, 0.15) is 49.3 Å². The summed E-state index contributed by atoms with van der Waals surface area (Å²) < 4.78 is 4.98. The van der Waals surface area contributed by atoms with Gasteiger partial charge in [0.2, 0.25) is 5.43 Å². The van der Waals surface area contributed by atoms with Gasteiger partial charge in [-0.25, -0.2) is 9.71 Å². The highest BCUT2D eigenvalue weighted by Crippen LogP contribution is 2.28. The molecule has 0 bridgehead atoms. The minimum absolute atomic E-state index is 0.206. The van der Waals surface area contributed by atoms with Crippen molar-refractivity contribution in [3.05, 3.63) is 45.4 Å². The van der Waals surface area contributed by atoms with Gasteiger partial charge in [-0.3, -0.25) is 14.0 Å². The highest BCUT2D eigenvalue weighted by molar-refractivity contribution is 7.96. The summed E-state index contributed by atoms with van der Waals surface area (Å²) in [4.78, 5) is 35.3. The minimum atomic E-state index is -0.626. The average molecular weight is 439 g/mol. The summed E-state index contributed by atoms with van der Waals surface area (Å²) in [6, 6.07) is 3.22. The van der Waals surface area contributed by atoms with E-state index < -0.39 is 11.4 Å². The molecule has 1 aromatic carbocycles. The fourth-order valence-electron chi connectivity index (χ4n) is 3.41. The maximum atomic E-state index is 12.3. The van der Waals surface area contributed by atoms with Crippen LogP contribution >= 0.6 is 11.9 Å². The zero-order valence-electron chi connectivity index (χ0n) is 18.4. The lowest BCUT2D eigenvalue weighted by molar-refractivity contribution is 0.100. The Labute approximate surface area is 184 Å². The first-order valence-electron chi connectivity index (χ1n) is 9.92. The van der Waals surface area contributed by atoms with E-state index in [1.165, 1.54) is 18.0 Å². The molecule has 0 fully saturated rings. The first kappa shape index (κ1) is 22.5. The molecule has 9 heteroatoms. The molecule has 4 aromatic rings. The van der Waals surface area contributed by atoms with Crippen LogP contribution in [0.2, 0.25) is 0 Å². The summed E-state index contributed by atoms with van der Waals surface area (Å²) in [5.74, 6) is 5.65. The van der Waals surface area contributed by atoms with Crippen LogP contribution in [0.25, 0.3) is 27.8 Å². The van der Waals surface area contributed by atoms with Gasteiger partial charge in [-0.05, 0) is 44.6 Å². The third-order valence-corrected chi connectivity index (χ3v) is 5.34. The van der Waals surface area contributed by atoms with Gasteiger partial charge >= 0.3 is 0 Å². The molecule has 0 atom stereocenters. The maximum Gasteiger partial charge on any atom is 0.254 e. The Bertz CT molecular complexity index is 1410. The van der Waals surface area contributed by atoms with Gasteiger partial charge in [-0.15, -0.1) is 0 Å². The van der Waals surface area contributed by atoms with Gasteiger partial charge in [0.1, 0.15) is 22.4 Å². The third kappa shape index (κ3) is 3.92. The highest BCUT2D eigenvalue weighted by Gasteiger charge is 2.23. The van der Waals surface area contributed by atoms with Crippen LogP contribution in [0, 0.1) is 18.8 Å². The standard InChI is InChI=1S/C20H20N6O2S.C2H6/c1-10-5-6-12(27)14-16(10)26-18(24-14)13(17(21)28)15-19(26)23-11(9-22-15)7-8-20(2,3)25-29-4;1-2/h5-6,9,22-23,25H,1-4H3,(H2,21,28);1-2H3. The number of imidazole rings is 1. The Kier molecular flexibility index (Phi) is 6.15. The van der Waals surface area contributed by atoms with Crippen LogP contribution in [0.5, 0.6) is 0 Å². The molecular formula is C22H26N6O2S. The number of hydrogen-bond acceptors (Lipinski definition) is 5. The summed E-state index contributed by atoms with van der Waals surface area (Å²) in [7, 11) is 0. The lowest BCUT2D eigenvalue weighted by atomic mass is 10.1. The number of nitrogens with one attached hydrogen (secondary N) is 3. The Morgan fingerprint density at radius 2 is 2.03 bits per heavy atom. The molecule has 0 unspecified atom stereocenters. The van der Waals surface area contributed by atoms with Gasteiger partial charge in [-0.2, -0.15) is 0 Å². The largest absolute Gasteiger partial charge is 0.365 e. The number of aromatic nitrogens is 4. The molecule has 31 heavy (non-hydrogen) atoms. The number of rotatable bonds is 3. The number of nitrogens with two attached hydrogens (primary N) is 1. The van der Waals surface area contributed by atoms with Crippen LogP contribution in [-0.2, 0) is 0 Å². The third-order valence-electron chi connectivity index (χ3n) is 4.63. The number of primary amides is 1. The second kappa shape index (κ2) is 8.49. The molecule has 0 saturated heterocycles. The SMILES string of the molecule is CC.CSNC(C)(C)C#Cc1c[nH]c2c(C(N)=O)c3nc4c(=O)ccc(C)c4n3c2[nH]1. The molecule has 0 radical (unpaired) electrons. The van der Waals surface area contributed by atoms with Crippen molar-refractivity contribution in [2.75, 3.05) is 6.26 Å². The van der Waals surface area contributed by atoms with E-state index in [0.29, 0.717) is 33.5 Å². The zero-order valence-corrected chi connectivity index (χ0v) is 19.2. The minimum Gasteiger partial charge on any atom is -0.365 e. The smallest absolute Gasteiger partial charge is 0.254 e. The van der Waals surface area contributed by atoms with Crippen molar-refractivity contribution >= 4 is 45.7 Å². The van der Waals surface area contributed by atoms with Gasteiger partial charge in [-0.1, -0.05) is 37.8 Å². The van der Waals surface area contributed by atoms with Crippen molar-refractivity contribution in [1.82, 2.24) is 24.1 Å². The van der Waals surface area contributed by atoms with Crippen molar-refractivity contribution in [3.63, 3.8) is 0 Å². The maximum absolute atomic E-state index is 12.3. The Balaban J connectivity index is 0.00000132. The van der Waals surface area contributed by atoms with Crippen LogP contribution in [0.4, 0.5) is 0 Å². The molecule has 8 nitrogen and oxygen atoms in total. The molecule has 0 spiro atoms. The summed E-state index contributed by atoms with van der Waals surface area (Å²) in [6.07, 6.45) is 3.63. The lowest BCUT2D eigenvalue weighted by Gasteiger charge is -2.16. The highest BCUT2D eigenvalue weighted by atomic mass is 32.2. The molecule has 3 aromatic heterocycles. The van der Waals surface area contributed by atoms with E-state index >= 15 is 0 Å². The normalized spacial score (nSPS) is 11.3. The van der Waals surface area contributed by atoms with Gasteiger partial charge in [0, 0.05) is 6.20 Å². The number of carbonyl (C=O) groups excluding carboxylic acids is 1. The molecule has 0 aliphatic carbocycles. The fraction of sp³-hybridized carbons (Fsp3) is 0.318. The van der Waals surface area contributed by atoms with E-state index in [2.05, 4.69) is 31.5 Å². The monoisotopic (exact) mass is 438 g/mol. The van der Waals surface area contributed by atoms with E-state index in [0.717, 1.165) is 5.56 Å². The van der Waals surface area contributed by atoms with E-state index in [-0.39, 0.29) is 11.0 Å². The summed E-state index contributed by atoms with van der Waals surface area (Å²) in [5, 5.41) is 0. The quantitative estimate of drug-likeness (QED) is 0.289. The number of aryl methyl sites for hydroxylation is 1. The fourth-order valence-corrected chi connectivity index (χ4v) is 3.97.